The molecular weight excluding hydrogens is 475 g/mol. The van der Waals surface area contributed by atoms with E-state index in [4.69, 9.17) is 5.73 Å². The second-order valence-corrected chi connectivity index (χ2v) is 10.9. The predicted octanol–water partition coefficient (Wildman–Crippen LogP) is 3.79. The molecule has 2 saturated heterocycles. The first-order chi connectivity index (χ1) is 16.8. The van der Waals surface area contributed by atoms with E-state index in [0.717, 1.165) is 62.3 Å². The number of anilines is 1. The zero-order chi connectivity index (χ0) is 24.6. The van der Waals surface area contributed by atoms with E-state index >= 15 is 0 Å². The van der Waals surface area contributed by atoms with E-state index in [2.05, 4.69) is 14.8 Å². The number of aromatic nitrogens is 1. The molecule has 2 aliphatic heterocycles. The maximum atomic E-state index is 13.5. The highest BCUT2D eigenvalue weighted by Crippen LogP contribution is 2.36. The molecule has 2 aromatic rings. The summed E-state index contributed by atoms with van der Waals surface area (Å²) < 4.78 is 40.4. The minimum atomic E-state index is -4.48. The van der Waals surface area contributed by atoms with Crippen LogP contribution in [-0.2, 0) is 11.0 Å². The second-order valence-electron chi connectivity index (χ2n) is 9.80. The fraction of sp³-hybridized carbons (Fsp3) is 0.600. The van der Waals surface area contributed by atoms with Crippen LogP contribution in [0.1, 0.15) is 31.4 Å². The number of benzene rings is 1. The number of fused-ring (bicyclic) bond motifs is 1. The highest BCUT2D eigenvalue weighted by Gasteiger charge is 2.36. The smallest absolute Gasteiger partial charge is 0.368 e. The molecule has 1 aromatic carbocycles. The highest BCUT2D eigenvalue weighted by molar-refractivity contribution is 7.99. The summed E-state index contributed by atoms with van der Waals surface area (Å²) >= 11 is 1.77. The number of hydrogen-bond acceptors (Lipinski definition) is 6. The SMILES string of the molecule is N[C@H](C(=O)N1CCSC1)[C@H]1CC[C@@H](N2CCN(c3cc(C(F)(F)F)nc4ccccc34)CC2)CC1. The van der Waals surface area contributed by atoms with Crippen LogP contribution in [0.2, 0.25) is 0 Å². The Morgan fingerprint density at radius 1 is 1.06 bits per heavy atom. The van der Waals surface area contributed by atoms with E-state index in [1.54, 1.807) is 23.9 Å². The molecule has 1 saturated carbocycles. The third kappa shape index (κ3) is 5.24. The molecule has 3 heterocycles. The number of pyridine rings is 1. The van der Waals surface area contributed by atoms with Crippen LogP contribution in [0.15, 0.2) is 30.3 Å². The number of nitrogens with two attached hydrogens (primary N) is 1. The summed E-state index contributed by atoms with van der Waals surface area (Å²) in [4.78, 5) is 22.9. The monoisotopic (exact) mass is 507 g/mol. The largest absolute Gasteiger partial charge is 0.433 e. The Morgan fingerprint density at radius 3 is 2.43 bits per heavy atom. The van der Waals surface area contributed by atoms with Crippen LogP contribution in [0, 0.1) is 5.92 Å². The number of rotatable bonds is 4. The number of amides is 1. The van der Waals surface area contributed by atoms with Crippen molar-refractivity contribution in [1.29, 1.82) is 0 Å². The Labute approximate surface area is 208 Å². The van der Waals surface area contributed by atoms with Crippen LogP contribution < -0.4 is 10.6 Å². The molecule has 1 amide bonds. The maximum absolute atomic E-state index is 13.5. The third-order valence-corrected chi connectivity index (χ3v) is 8.72. The fourth-order valence-corrected chi connectivity index (χ4v) is 6.67. The Balaban J connectivity index is 1.19. The number of nitrogens with zero attached hydrogens (tertiary/aromatic N) is 4. The van der Waals surface area contributed by atoms with Gasteiger partial charge in [0.2, 0.25) is 5.91 Å². The van der Waals surface area contributed by atoms with Gasteiger partial charge in [0, 0.05) is 55.6 Å². The number of hydrogen-bond donors (Lipinski definition) is 1. The molecule has 1 aliphatic carbocycles. The van der Waals surface area contributed by atoms with E-state index in [1.807, 2.05) is 17.0 Å². The van der Waals surface area contributed by atoms with Crippen molar-refractivity contribution in [3.8, 4) is 0 Å². The molecule has 10 heteroatoms. The van der Waals surface area contributed by atoms with Crippen LogP contribution in [0.5, 0.6) is 0 Å². The second kappa shape index (κ2) is 10.1. The van der Waals surface area contributed by atoms with Crippen molar-refractivity contribution < 1.29 is 18.0 Å². The van der Waals surface area contributed by atoms with Gasteiger partial charge >= 0.3 is 6.18 Å². The number of piperazine rings is 1. The lowest BCUT2D eigenvalue weighted by Gasteiger charge is -2.43. The van der Waals surface area contributed by atoms with Gasteiger partial charge in [-0.3, -0.25) is 9.69 Å². The van der Waals surface area contributed by atoms with Crippen molar-refractivity contribution in [2.24, 2.45) is 11.7 Å². The van der Waals surface area contributed by atoms with Gasteiger partial charge in [-0.25, -0.2) is 4.98 Å². The van der Waals surface area contributed by atoms with Crippen molar-refractivity contribution in [1.82, 2.24) is 14.8 Å². The lowest BCUT2D eigenvalue weighted by atomic mass is 9.80. The average Bonchev–Trinajstić information content (AvgIpc) is 3.42. The molecule has 0 spiro atoms. The lowest BCUT2D eigenvalue weighted by molar-refractivity contribution is -0.141. The van der Waals surface area contributed by atoms with Crippen LogP contribution >= 0.6 is 11.8 Å². The van der Waals surface area contributed by atoms with E-state index in [0.29, 0.717) is 30.3 Å². The molecule has 2 N–H and O–H groups in total. The number of carbonyl (C=O) groups is 1. The van der Waals surface area contributed by atoms with Gasteiger partial charge in [-0.05, 0) is 43.7 Å². The van der Waals surface area contributed by atoms with Crippen LogP contribution in [0.3, 0.4) is 0 Å². The van der Waals surface area contributed by atoms with Gasteiger partial charge in [0.05, 0.1) is 17.4 Å². The highest BCUT2D eigenvalue weighted by atomic mass is 32.2. The van der Waals surface area contributed by atoms with Crippen LogP contribution in [0.4, 0.5) is 18.9 Å². The van der Waals surface area contributed by atoms with Crippen molar-refractivity contribution in [3.05, 3.63) is 36.0 Å². The van der Waals surface area contributed by atoms with Crippen molar-refractivity contribution >= 4 is 34.3 Å². The molecule has 3 aliphatic rings. The summed E-state index contributed by atoms with van der Waals surface area (Å²) in [5, 5.41) is 0.754. The summed E-state index contributed by atoms with van der Waals surface area (Å²) in [7, 11) is 0. The zero-order valence-corrected chi connectivity index (χ0v) is 20.5. The van der Waals surface area contributed by atoms with Gasteiger partial charge in [-0.15, -0.1) is 11.8 Å². The number of carbonyl (C=O) groups excluding carboxylic acids is 1. The van der Waals surface area contributed by atoms with Gasteiger partial charge in [-0.1, -0.05) is 18.2 Å². The average molecular weight is 508 g/mol. The van der Waals surface area contributed by atoms with E-state index in [-0.39, 0.29) is 11.8 Å². The number of alkyl halides is 3. The summed E-state index contributed by atoms with van der Waals surface area (Å²) in [5.41, 5.74) is 6.50. The molecule has 1 aromatic heterocycles. The molecular formula is C25H32F3N5OS. The van der Waals surface area contributed by atoms with E-state index < -0.39 is 17.9 Å². The predicted molar refractivity (Wildman–Crippen MR) is 133 cm³/mol. The van der Waals surface area contributed by atoms with E-state index in [9.17, 15) is 18.0 Å². The number of halogens is 3. The molecule has 3 fully saturated rings. The minimum Gasteiger partial charge on any atom is -0.368 e. The molecule has 0 radical (unpaired) electrons. The zero-order valence-electron chi connectivity index (χ0n) is 19.7. The first-order valence-corrected chi connectivity index (χ1v) is 13.5. The lowest BCUT2D eigenvalue weighted by Crippen LogP contribution is -2.53. The summed E-state index contributed by atoms with van der Waals surface area (Å²) in [5.74, 6) is 2.07. The number of thioether (sulfide) groups is 1. The topological polar surface area (TPSA) is 65.7 Å². The number of para-hydroxylation sites is 1. The Bertz CT molecular complexity index is 1050. The summed E-state index contributed by atoms with van der Waals surface area (Å²) in [6.07, 6.45) is -0.561. The molecule has 6 nitrogen and oxygen atoms in total. The quantitative estimate of drug-likeness (QED) is 0.679. The first kappa shape index (κ1) is 24.6. The van der Waals surface area contributed by atoms with Crippen LogP contribution in [0.25, 0.3) is 10.9 Å². The van der Waals surface area contributed by atoms with E-state index in [1.165, 1.54) is 6.07 Å². The van der Waals surface area contributed by atoms with Crippen molar-refractivity contribution in [2.75, 3.05) is 49.3 Å². The Kier molecular flexibility index (Phi) is 7.14. The molecule has 190 valence electrons. The molecule has 0 bridgehead atoms. The van der Waals surface area contributed by atoms with Gasteiger partial charge in [-0.2, -0.15) is 13.2 Å². The Morgan fingerprint density at radius 2 is 1.77 bits per heavy atom. The van der Waals surface area contributed by atoms with Gasteiger partial charge in [0.15, 0.2) is 0 Å². The van der Waals surface area contributed by atoms with Gasteiger partial charge < -0.3 is 15.5 Å². The third-order valence-electron chi connectivity index (χ3n) is 7.75. The first-order valence-electron chi connectivity index (χ1n) is 12.4. The molecule has 5 rings (SSSR count). The van der Waals surface area contributed by atoms with Crippen LogP contribution in [-0.4, -0.2) is 77.1 Å². The fourth-order valence-electron chi connectivity index (χ4n) is 5.72. The van der Waals surface area contributed by atoms with Gasteiger partial charge in [0.1, 0.15) is 5.69 Å². The standard InChI is InChI=1S/C25H32F3N5OS/c26-25(27,28)22-15-21(19-3-1-2-4-20(19)30-22)32-11-9-31(10-12-32)18-7-5-17(6-8-18)23(29)24(34)33-13-14-35-16-33/h1-4,15,17-18,23H,5-14,16,29H2/t17-,18+,23-/m0/s1. The van der Waals surface area contributed by atoms with Crippen molar-refractivity contribution in [2.45, 2.75) is 43.9 Å². The van der Waals surface area contributed by atoms with Gasteiger partial charge in [0.25, 0.3) is 0 Å². The molecule has 1 atom stereocenters. The summed E-state index contributed by atoms with van der Waals surface area (Å²) in [6.45, 7) is 3.77. The maximum Gasteiger partial charge on any atom is 0.433 e. The summed E-state index contributed by atoms with van der Waals surface area (Å²) in [6, 6.07) is 8.27. The van der Waals surface area contributed by atoms with Crippen molar-refractivity contribution in [3.63, 3.8) is 0 Å². The molecule has 0 unspecified atom stereocenters. The Hall–Kier alpha value is -2.04. The molecule has 35 heavy (non-hydrogen) atoms. The normalized spacial score (nSPS) is 25.3. The minimum absolute atomic E-state index is 0.0925.